The molecule has 0 amide bonds. The first kappa shape index (κ1) is 15.8. The zero-order valence-corrected chi connectivity index (χ0v) is 13.4. The van der Waals surface area contributed by atoms with Crippen LogP contribution in [0.2, 0.25) is 5.02 Å². The van der Waals surface area contributed by atoms with E-state index in [-0.39, 0.29) is 16.5 Å². The summed E-state index contributed by atoms with van der Waals surface area (Å²) in [5.41, 5.74) is 1.95. The van der Waals surface area contributed by atoms with Crippen LogP contribution in [0.25, 0.3) is 0 Å². The summed E-state index contributed by atoms with van der Waals surface area (Å²) in [5, 5.41) is 0.216. The zero-order chi connectivity index (χ0) is 15.5. The molecule has 0 aromatic heterocycles. The van der Waals surface area contributed by atoms with E-state index in [1.807, 2.05) is 43.3 Å². The molecular formula is C15H17ClN2O2S. The van der Waals surface area contributed by atoms with E-state index >= 15 is 0 Å². The minimum Gasteiger partial charge on any atom is -0.378 e. The average molecular weight is 325 g/mol. The van der Waals surface area contributed by atoms with Crippen molar-refractivity contribution in [2.24, 2.45) is 0 Å². The molecule has 0 spiro atoms. The van der Waals surface area contributed by atoms with E-state index in [2.05, 4.69) is 4.72 Å². The van der Waals surface area contributed by atoms with Crippen molar-refractivity contribution in [2.45, 2.75) is 11.4 Å². The lowest BCUT2D eigenvalue weighted by atomic mass is 10.2. The molecule has 4 nitrogen and oxygen atoms in total. The van der Waals surface area contributed by atoms with E-state index in [0.29, 0.717) is 0 Å². The molecule has 6 heteroatoms. The highest BCUT2D eigenvalue weighted by Crippen LogP contribution is 2.20. The molecule has 0 unspecified atom stereocenters. The Bertz CT molecular complexity index is 713. The van der Waals surface area contributed by atoms with Crippen molar-refractivity contribution in [3.63, 3.8) is 0 Å². The summed E-state index contributed by atoms with van der Waals surface area (Å²) in [4.78, 5) is 2.08. The summed E-state index contributed by atoms with van der Waals surface area (Å²) >= 11 is 5.92. The number of sulfonamides is 1. The smallest absolute Gasteiger partial charge is 0.242 e. The van der Waals surface area contributed by atoms with Crippen molar-refractivity contribution in [2.75, 3.05) is 19.0 Å². The number of hydrogen-bond acceptors (Lipinski definition) is 3. The van der Waals surface area contributed by atoms with Crippen molar-refractivity contribution >= 4 is 27.3 Å². The van der Waals surface area contributed by atoms with Gasteiger partial charge in [-0.05, 0) is 29.8 Å². The second-order valence-corrected chi connectivity index (χ2v) is 6.96. The van der Waals surface area contributed by atoms with Gasteiger partial charge < -0.3 is 4.90 Å². The maximum atomic E-state index is 12.2. The van der Waals surface area contributed by atoms with Crippen LogP contribution in [0.3, 0.4) is 0 Å². The molecule has 21 heavy (non-hydrogen) atoms. The second-order valence-electron chi connectivity index (χ2n) is 4.82. The van der Waals surface area contributed by atoms with E-state index in [1.54, 1.807) is 18.2 Å². The van der Waals surface area contributed by atoms with Gasteiger partial charge in [0.15, 0.2) is 0 Å². The molecule has 112 valence electrons. The minimum atomic E-state index is -3.61. The Kier molecular flexibility index (Phi) is 4.88. The molecule has 0 aliphatic rings. The zero-order valence-electron chi connectivity index (χ0n) is 11.9. The number of nitrogens with zero attached hydrogens (tertiary/aromatic N) is 1. The van der Waals surface area contributed by atoms with Gasteiger partial charge in [0.2, 0.25) is 10.0 Å². The lowest BCUT2D eigenvalue weighted by Gasteiger charge is -2.13. The van der Waals surface area contributed by atoms with Crippen LogP contribution in [0.15, 0.2) is 53.4 Å². The Balaban J connectivity index is 2.10. The minimum absolute atomic E-state index is 0.0941. The summed E-state index contributed by atoms with van der Waals surface area (Å²) in [5.74, 6) is 0. The third kappa shape index (κ3) is 3.97. The molecular weight excluding hydrogens is 308 g/mol. The van der Waals surface area contributed by atoms with Crippen molar-refractivity contribution in [3.8, 4) is 0 Å². The molecule has 2 rings (SSSR count). The van der Waals surface area contributed by atoms with Gasteiger partial charge in [-0.15, -0.1) is 0 Å². The van der Waals surface area contributed by atoms with Gasteiger partial charge in [-0.2, -0.15) is 0 Å². The van der Waals surface area contributed by atoms with Crippen molar-refractivity contribution < 1.29 is 8.42 Å². The van der Waals surface area contributed by atoms with Gasteiger partial charge in [0, 0.05) is 26.3 Å². The average Bonchev–Trinajstić information content (AvgIpc) is 2.46. The maximum absolute atomic E-state index is 12.2. The van der Waals surface area contributed by atoms with E-state index in [9.17, 15) is 8.42 Å². The third-order valence-electron chi connectivity index (χ3n) is 3.05. The van der Waals surface area contributed by atoms with Gasteiger partial charge in [-0.1, -0.05) is 35.9 Å². The fourth-order valence-corrected chi connectivity index (χ4v) is 3.37. The number of rotatable bonds is 5. The van der Waals surface area contributed by atoms with Gasteiger partial charge in [-0.25, -0.2) is 13.1 Å². The molecule has 2 aromatic rings. The molecule has 0 saturated heterocycles. The van der Waals surface area contributed by atoms with E-state index in [4.69, 9.17) is 11.6 Å². The van der Waals surface area contributed by atoms with Gasteiger partial charge in [-0.3, -0.25) is 0 Å². The Labute approximate surface area is 130 Å². The molecule has 0 radical (unpaired) electrons. The monoisotopic (exact) mass is 324 g/mol. The van der Waals surface area contributed by atoms with Crippen LogP contribution in [-0.4, -0.2) is 22.5 Å². The molecule has 0 fully saturated rings. The van der Waals surface area contributed by atoms with Crippen molar-refractivity contribution in [3.05, 3.63) is 59.1 Å². The lowest BCUT2D eigenvalue weighted by molar-refractivity contribution is 0.581. The first-order valence-corrected chi connectivity index (χ1v) is 8.27. The van der Waals surface area contributed by atoms with Crippen LogP contribution >= 0.6 is 11.6 Å². The SMILES string of the molecule is CN(C)c1ccc(CNS(=O)(=O)c2ccccc2Cl)cc1. The van der Waals surface area contributed by atoms with Gasteiger partial charge in [0.1, 0.15) is 4.90 Å². The third-order valence-corrected chi connectivity index (χ3v) is 4.95. The molecule has 0 aliphatic heterocycles. The summed E-state index contributed by atoms with van der Waals surface area (Å²) in [6, 6.07) is 14.1. The fourth-order valence-electron chi connectivity index (χ4n) is 1.83. The fraction of sp³-hybridized carbons (Fsp3) is 0.200. The predicted molar refractivity (Wildman–Crippen MR) is 86.2 cm³/mol. The first-order chi connectivity index (χ1) is 9.90. The summed E-state index contributed by atoms with van der Waals surface area (Å²) in [6.45, 7) is 0.223. The molecule has 0 heterocycles. The molecule has 1 N–H and O–H groups in total. The molecule has 0 saturated carbocycles. The lowest BCUT2D eigenvalue weighted by Crippen LogP contribution is -2.23. The van der Waals surface area contributed by atoms with Gasteiger partial charge >= 0.3 is 0 Å². The molecule has 0 aliphatic carbocycles. The molecule has 2 aromatic carbocycles. The van der Waals surface area contributed by atoms with Crippen molar-refractivity contribution in [1.82, 2.24) is 4.72 Å². The van der Waals surface area contributed by atoms with Crippen LogP contribution < -0.4 is 9.62 Å². The highest BCUT2D eigenvalue weighted by molar-refractivity contribution is 7.89. The van der Waals surface area contributed by atoms with Crippen LogP contribution in [0, 0.1) is 0 Å². The number of anilines is 1. The number of hydrogen-bond donors (Lipinski definition) is 1. The van der Waals surface area contributed by atoms with E-state index in [0.717, 1.165) is 11.3 Å². The first-order valence-electron chi connectivity index (χ1n) is 6.40. The standard InChI is InChI=1S/C15H17ClN2O2S/c1-18(2)13-9-7-12(8-10-13)11-17-21(19,20)15-6-4-3-5-14(15)16/h3-10,17H,11H2,1-2H3. The van der Waals surface area contributed by atoms with E-state index < -0.39 is 10.0 Å². The summed E-state index contributed by atoms with van der Waals surface area (Å²) in [7, 11) is 0.299. The number of nitrogens with one attached hydrogen (secondary N) is 1. The Morgan fingerprint density at radius 2 is 1.67 bits per heavy atom. The summed E-state index contributed by atoms with van der Waals surface area (Å²) < 4.78 is 27.0. The van der Waals surface area contributed by atoms with Crippen molar-refractivity contribution in [1.29, 1.82) is 0 Å². The van der Waals surface area contributed by atoms with Gasteiger partial charge in [0.05, 0.1) is 5.02 Å². The second kappa shape index (κ2) is 6.47. The topological polar surface area (TPSA) is 49.4 Å². The largest absolute Gasteiger partial charge is 0.378 e. The van der Waals surface area contributed by atoms with Crippen LogP contribution in [-0.2, 0) is 16.6 Å². The summed E-state index contributed by atoms with van der Waals surface area (Å²) in [6.07, 6.45) is 0. The quantitative estimate of drug-likeness (QED) is 0.920. The highest BCUT2D eigenvalue weighted by atomic mass is 35.5. The highest BCUT2D eigenvalue weighted by Gasteiger charge is 2.16. The van der Waals surface area contributed by atoms with Crippen LogP contribution in [0.5, 0.6) is 0 Å². The Morgan fingerprint density at radius 3 is 2.24 bits per heavy atom. The normalized spacial score (nSPS) is 11.4. The maximum Gasteiger partial charge on any atom is 0.242 e. The number of benzene rings is 2. The Hall–Kier alpha value is -1.56. The predicted octanol–water partition coefficient (Wildman–Crippen LogP) is 2.88. The van der Waals surface area contributed by atoms with Crippen LogP contribution in [0.4, 0.5) is 5.69 Å². The van der Waals surface area contributed by atoms with E-state index in [1.165, 1.54) is 6.07 Å². The van der Waals surface area contributed by atoms with Gasteiger partial charge in [0.25, 0.3) is 0 Å². The Morgan fingerprint density at radius 1 is 1.05 bits per heavy atom. The molecule has 0 bridgehead atoms. The number of halogens is 1. The molecule has 0 atom stereocenters. The van der Waals surface area contributed by atoms with Crippen LogP contribution in [0.1, 0.15) is 5.56 Å².